The number of hydrogen-bond acceptors (Lipinski definition) is 4. The number of amides is 2. The van der Waals surface area contributed by atoms with Crippen LogP contribution in [0.3, 0.4) is 0 Å². The van der Waals surface area contributed by atoms with E-state index in [-0.39, 0.29) is 31.1 Å². The number of carbonyl (C=O) groups is 2. The molecule has 3 rings (SSSR count). The molecule has 0 aromatic heterocycles. The van der Waals surface area contributed by atoms with Gasteiger partial charge in [-0.3, -0.25) is 9.59 Å². The molecule has 0 fully saturated rings. The molecule has 1 atom stereocenters. The Morgan fingerprint density at radius 3 is 2.84 bits per heavy atom. The van der Waals surface area contributed by atoms with Crippen molar-refractivity contribution < 1.29 is 19.1 Å². The second-order valence-electron chi connectivity index (χ2n) is 5.62. The average molecular weight is 405 g/mol. The first-order chi connectivity index (χ1) is 12.0. The highest BCUT2D eigenvalue weighted by Crippen LogP contribution is 2.30. The molecule has 1 heterocycles. The number of anilines is 1. The maximum absolute atomic E-state index is 12.1. The minimum Gasteiger partial charge on any atom is -0.484 e. The number of carbonyl (C=O) groups excluding carboxylic acids is 2. The fraction of sp³-hybridized carbons (Fsp3) is 0.222. The Balaban J connectivity index is 1.57. The summed E-state index contributed by atoms with van der Waals surface area (Å²) in [5, 5.41) is 5.62. The highest BCUT2D eigenvalue weighted by molar-refractivity contribution is 9.10. The van der Waals surface area contributed by atoms with Crippen LogP contribution in [0.4, 0.5) is 5.69 Å². The van der Waals surface area contributed by atoms with E-state index in [9.17, 15) is 9.59 Å². The number of halogens is 1. The standard InChI is InChI=1S/C18H17BrN2O4/c1-11(12-2-7-16-15(8-12)21-18(23)10-25-16)20-17(22)9-24-14-5-3-13(19)4-6-14/h2-8,11H,9-10H2,1H3,(H,20,22)(H,21,23). The lowest BCUT2D eigenvalue weighted by atomic mass is 10.1. The van der Waals surface area contributed by atoms with Gasteiger partial charge in [0.2, 0.25) is 0 Å². The summed E-state index contributed by atoms with van der Waals surface area (Å²) in [6, 6.07) is 12.5. The van der Waals surface area contributed by atoms with Crippen LogP contribution >= 0.6 is 15.9 Å². The molecular formula is C18H17BrN2O4. The van der Waals surface area contributed by atoms with Crippen molar-refractivity contribution in [3.05, 3.63) is 52.5 Å². The van der Waals surface area contributed by atoms with E-state index >= 15 is 0 Å². The van der Waals surface area contributed by atoms with Crippen LogP contribution in [0.5, 0.6) is 11.5 Å². The molecule has 130 valence electrons. The Labute approximate surface area is 153 Å². The molecule has 1 aliphatic heterocycles. The van der Waals surface area contributed by atoms with Gasteiger partial charge in [0.15, 0.2) is 13.2 Å². The van der Waals surface area contributed by atoms with Gasteiger partial charge in [0.05, 0.1) is 11.7 Å². The molecule has 0 saturated heterocycles. The number of rotatable bonds is 5. The highest BCUT2D eigenvalue weighted by atomic mass is 79.9. The largest absolute Gasteiger partial charge is 0.484 e. The van der Waals surface area contributed by atoms with E-state index in [1.165, 1.54) is 0 Å². The molecule has 1 aliphatic rings. The maximum atomic E-state index is 12.1. The van der Waals surface area contributed by atoms with Gasteiger partial charge in [0, 0.05) is 4.47 Å². The molecule has 0 radical (unpaired) electrons. The Hall–Kier alpha value is -2.54. The number of nitrogens with one attached hydrogen (secondary N) is 2. The van der Waals surface area contributed by atoms with Crippen molar-refractivity contribution in [3.8, 4) is 11.5 Å². The fourth-order valence-electron chi connectivity index (χ4n) is 2.42. The van der Waals surface area contributed by atoms with Crippen LogP contribution in [0.25, 0.3) is 0 Å². The van der Waals surface area contributed by atoms with E-state index in [2.05, 4.69) is 26.6 Å². The minimum absolute atomic E-state index is 0.0199. The smallest absolute Gasteiger partial charge is 0.262 e. The molecule has 0 aliphatic carbocycles. The SMILES string of the molecule is CC(NC(=O)COc1ccc(Br)cc1)c1ccc2c(c1)NC(=O)CO2. The van der Waals surface area contributed by atoms with E-state index in [0.29, 0.717) is 17.2 Å². The highest BCUT2D eigenvalue weighted by Gasteiger charge is 2.18. The summed E-state index contributed by atoms with van der Waals surface area (Å²) in [5.41, 5.74) is 1.47. The first-order valence-electron chi connectivity index (χ1n) is 7.75. The number of hydrogen-bond donors (Lipinski definition) is 2. The average Bonchev–Trinajstić information content (AvgIpc) is 2.60. The predicted octanol–water partition coefficient (Wildman–Crippen LogP) is 3.04. The van der Waals surface area contributed by atoms with Crippen molar-refractivity contribution in [1.29, 1.82) is 0 Å². The summed E-state index contributed by atoms with van der Waals surface area (Å²) < 4.78 is 11.7. The van der Waals surface area contributed by atoms with Gasteiger partial charge in [0.25, 0.3) is 11.8 Å². The minimum atomic E-state index is -0.231. The molecule has 2 amide bonds. The molecule has 0 spiro atoms. The first-order valence-corrected chi connectivity index (χ1v) is 8.55. The lowest BCUT2D eigenvalue weighted by Crippen LogP contribution is -2.31. The van der Waals surface area contributed by atoms with Crippen molar-refractivity contribution >= 4 is 33.4 Å². The van der Waals surface area contributed by atoms with E-state index in [0.717, 1.165) is 10.0 Å². The molecule has 1 unspecified atom stereocenters. The van der Waals surface area contributed by atoms with E-state index < -0.39 is 0 Å². The van der Waals surface area contributed by atoms with E-state index in [4.69, 9.17) is 9.47 Å². The number of fused-ring (bicyclic) bond motifs is 1. The third kappa shape index (κ3) is 4.51. The molecular weight excluding hydrogens is 388 g/mol. The van der Waals surface area contributed by atoms with Crippen molar-refractivity contribution in [2.45, 2.75) is 13.0 Å². The van der Waals surface area contributed by atoms with E-state index in [1.54, 1.807) is 24.3 Å². The first kappa shape index (κ1) is 17.3. The Bertz CT molecular complexity index is 792. The van der Waals surface area contributed by atoms with Crippen LogP contribution in [0, 0.1) is 0 Å². The van der Waals surface area contributed by atoms with Crippen LogP contribution in [-0.2, 0) is 9.59 Å². The van der Waals surface area contributed by atoms with Gasteiger partial charge in [-0.05, 0) is 48.9 Å². The van der Waals surface area contributed by atoms with Crippen molar-refractivity contribution in [2.75, 3.05) is 18.5 Å². The van der Waals surface area contributed by atoms with Crippen molar-refractivity contribution in [3.63, 3.8) is 0 Å². The molecule has 25 heavy (non-hydrogen) atoms. The molecule has 2 aromatic rings. The third-order valence-corrected chi connectivity index (χ3v) is 4.23. The number of ether oxygens (including phenoxy) is 2. The fourth-order valence-corrected chi connectivity index (χ4v) is 2.68. The monoisotopic (exact) mass is 404 g/mol. The Kier molecular flexibility index (Phi) is 5.23. The topological polar surface area (TPSA) is 76.7 Å². The van der Waals surface area contributed by atoms with Crippen LogP contribution in [0.1, 0.15) is 18.5 Å². The van der Waals surface area contributed by atoms with Crippen LogP contribution in [-0.4, -0.2) is 25.0 Å². The third-order valence-electron chi connectivity index (χ3n) is 3.70. The van der Waals surface area contributed by atoms with Gasteiger partial charge in [-0.2, -0.15) is 0 Å². The zero-order chi connectivity index (χ0) is 17.8. The van der Waals surface area contributed by atoms with E-state index in [1.807, 2.05) is 25.1 Å². The molecule has 7 heteroatoms. The van der Waals surface area contributed by atoms with Gasteiger partial charge in [-0.1, -0.05) is 22.0 Å². The van der Waals surface area contributed by atoms with Crippen molar-refractivity contribution in [1.82, 2.24) is 5.32 Å². The predicted molar refractivity (Wildman–Crippen MR) is 96.8 cm³/mol. The zero-order valence-electron chi connectivity index (χ0n) is 13.5. The second kappa shape index (κ2) is 7.57. The van der Waals surface area contributed by atoms with Crippen LogP contribution in [0.2, 0.25) is 0 Å². The van der Waals surface area contributed by atoms with Gasteiger partial charge < -0.3 is 20.1 Å². The zero-order valence-corrected chi connectivity index (χ0v) is 15.1. The normalized spacial score (nSPS) is 13.9. The summed E-state index contributed by atoms with van der Waals surface area (Å²) in [6.45, 7) is 1.81. The molecule has 2 N–H and O–H groups in total. The summed E-state index contributed by atoms with van der Waals surface area (Å²) >= 11 is 3.34. The molecule has 2 aromatic carbocycles. The van der Waals surface area contributed by atoms with Gasteiger partial charge in [-0.15, -0.1) is 0 Å². The van der Waals surface area contributed by atoms with Crippen LogP contribution in [0.15, 0.2) is 46.9 Å². The summed E-state index contributed by atoms with van der Waals surface area (Å²) in [5.74, 6) is 0.831. The summed E-state index contributed by atoms with van der Waals surface area (Å²) in [7, 11) is 0. The van der Waals surface area contributed by atoms with Gasteiger partial charge in [-0.25, -0.2) is 0 Å². The Morgan fingerprint density at radius 2 is 2.08 bits per heavy atom. The van der Waals surface area contributed by atoms with Crippen LogP contribution < -0.4 is 20.1 Å². The van der Waals surface area contributed by atoms with Crippen molar-refractivity contribution in [2.24, 2.45) is 0 Å². The summed E-state index contributed by atoms with van der Waals surface area (Å²) in [4.78, 5) is 23.5. The lowest BCUT2D eigenvalue weighted by molar-refractivity contribution is -0.123. The quantitative estimate of drug-likeness (QED) is 0.802. The molecule has 0 bridgehead atoms. The molecule has 6 nitrogen and oxygen atoms in total. The van der Waals surface area contributed by atoms with Gasteiger partial charge in [0.1, 0.15) is 11.5 Å². The molecule has 0 saturated carbocycles. The number of benzene rings is 2. The Morgan fingerprint density at radius 1 is 1.32 bits per heavy atom. The second-order valence-corrected chi connectivity index (χ2v) is 6.54. The summed E-state index contributed by atoms with van der Waals surface area (Å²) in [6.07, 6.45) is 0. The maximum Gasteiger partial charge on any atom is 0.262 e. The lowest BCUT2D eigenvalue weighted by Gasteiger charge is -2.21. The van der Waals surface area contributed by atoms with Gasteiger partial charge >= 0.3 is 0 Å².